The van der Waals surface area contributed by atoms with Gasteiger partial charge in [-0.3, -0.25) is 9.97 Å². The molecule has 0 bridgehead atoms. The molecule has 3 aromatic rings. The maximum atomic E-state index is 12.7. The van der Waals surface area contributed by atoms with Crippen molar-refractivity contribution in [3.8, 4) is 22.8 Å². The van der Waals surface area contributed by atoms with Crippen LogP contribution in [0.2, 0.25) is 0 Å². The van der Waals surface area contributed by atoms with Crippen molar-refractivity contribution in [1.82, 2.24) is 20.1 Å². The molecular formula is C18H16F3N5O. The van der Waals surface area contributed by atoms with Gasteiger partial charge in [0.05, 0.1) is 11.4 Å². The van der Waals surface area contributed by atoms with Gasteiger partial charge >= 0.3 is 12.1 Å². The molecule has 0 spiro atoms. The maximum Gasteiger partial charge on any atom is 0.471 e. The minimum Gasteiger partial charge on any atom is -0.371 e. The molecule has 4 heterocycles. The van der Waals surface area contributed by atoms with Crippen molar-refractivity contribution in [2.75, 3.05) is 18.0 Å². The predicted octanol–water partition coefficient (Wildman–Crippen LogP) is 4.20. The summed E-state index contributed by atoms with van der Waals surface area (Å²) in [5, 5.41) is 3.42. The zero-order chi connectivity index (χ0) is 18.9. The number of aromatic nitrogens is 4. The van der Waals surface area contributed by atoms with E-state index in [1.54, 1.807) is 12.3 Å². The summed E-state index contributed by atoms with van der Waals surface area (Å²) in [5.74, 6) is -1.51. The van der Waals surface area contributed by atoms with E-state index in [0.717, 1.165) is 31.6 Å². The molecule has 1 aliphatic rings. The van der Waals surface area contributed by atoms with Crippen molar-refractivity contribution in [3.63, 3.8) is 0 Å². The number of alkyl halides is 3. The Bertz CT molecular complexity index is 934. The van der Waals surface area contributed by atoms with Crippen molar-refractivity contribution < 1.29 is 17.7 Å². The molecule has 27 heavy (non-hydrogen) atoms. The smallest absolute Gasteiger partial charge is 0.371 e. The Hall–Kier alpha value is -2.97. The Morgan fingerprint density at radius 1 is 0.926 bits per heavy atom. The lowest BCUT2D eigenvalue weighted by Crippen LogP contribution is -2.29. The predicted molar refractivity (Wildman–Crippen MR) is 91.8 cm³/mol. The summed E-state index contributed by atoms with van der Waals surface area (Å²) in [5.41, 5.74) is 2.61. The fourth-order valence-electron chi connectivity index (χ4n) is 3.07. The molecule has 0 N–H and O–H groups in total. The van der Waals surface area contributed by atoms with Crippen molar-refractivity contribution in [1.29, 1.82) is 0 Å². The normalized spacial score (nSPS) is 15.1. The molecule has 9 heteroatoms. The van der Waals surface area contributed by atoms with Crippen LogP contribution in [0.4, 0.5) is 18.9 Å². The molecule has 0 unspecified atom stereocenters. The van der Waals surface area contributed by atoms with Gasteiger partial charge in [0.1, 0.15) is 0 Å². The molecule has 0 amide bonds. The summed E-state index contributed by atoms with van der Waals surface area (Å²) in [6.07, 6.45) is 2.08. The first kappa shape index (κ1) is 17.4. The number of anilines is 1. The number of piperidine rings is 1. The van der Waals surface area contributed by atoms with Crippen molar-refractivity contribution in [3.05, 3.63) is 42.5 Å². The van der Waals surface area contributed by atoms with E-state index in [4.69, 9.17) is 0 Å². The van der Waals surface area contributed by atoms with Crippen LogP contribution in [-0.2, 0) is 6.18 Å². The molecule has 0 aromatic carbocycles. The number of halogens is 3. The van der Waals surface area contributed by atoms with Crippen molar-refractivity contribution in [2.24, 2.45) is 0 Å². The first-order valence-corrected chi connectivity index (χ1v) is 8.59. The third kappa shape index (κ3) is 3.76. The highest BCUT2D eigenvalue weighted by molar-refractivity contribution is 5.67. The van der Waals surface area contributed by atoms with E-state index >= 15 is 0 Å². The van der Waals surface area contributed by atoms with E-state index < -0.39 is 12.1 Å². The van der Waals surface area contributed by atoms with E-state index in [2.05, 4.69) is 29.5 Å². The zero-order valence-electron chi connectivity index (χ0n) is 14.3. The molecular weight excluding hydrogens is 359 g/mol. The summed E-state index contributed by atoms with van der Waals surface area (Å²) < 4.78 is 42.3. The Morgan fingerprint density at radius 3 is 2.33 bits per heavy atom. The van der Waals surface area contributed by atoms with Gasteiger partial charge in [0, 0.05) is 36.7 Å². The van der Waals surface area contributed by atoms with Crippen LogP contribution in [0.3, 0.4) is 0 Å². The summed E-state index contributed by atoms with van der Waals surface area (Å²) in [4.78, 5) is 14.4. The van der Waals surface area contributed by atoms with E-state index in [9.17, 15) is 13.2 Å². The van der Waals surface area contributed by atoms with Crippen LogP contribution >= 0.6 is 0 Å². The van der Waals surface area contributed by atoms with Gasteiger partial charge < -0.3 is 9.42 Å². The molecule has 0 radical (unpaired) electrons. The molecule has 1 fully saturated rings. The van der Waals surface area contributed by atoms with Crippen molar-refractivity contribution >= 4 is 5.69 Å². The van der Waals surface area contributed by atoms with Gasteiger partial charge in [-0.1, -0.05) is 5.16 Å². The second-order valence-electron chi connectivity index (χ2n) is 6.30. The summed E-state index contributed by atoms with van der Waals surface area (Å²) in [6.45, 7) is 2.00. The maximum absolute atomic E-state index is 12.7. The molecule has 1 aliphatic heterocycles. The number of hydrogen-bond acceptors (Lipinski definition) is 6. The van der Waals surface area contributed by atoms with Crippen molar-refractivity contribution in [2.45, 2.75) is 25.4 Å². The average molecular weight is 375 g/mol. The van der Waals surface area contributed by atoms with Gasteiger partial charge in [-0.15, -0.1) is 0 Å². The number of nitrogens with zero attached hydrogens (tertiary/aromatic N) is 5. The lowest BCUT2D eigenvalue weighted by Gasteiger charge is -2.28. The van der Waals surface area contributed by atoms with Gasteiger partial charge in [-0.2, -0.15) is 18.2 Å². The van der Waals surface area contributed by atoms with Crippen LogP contribution < -0.4 is 4.90 Å². The fraction of sp³-hybridized carbons (Fsp3) is 0.333. The molecule has 3 aromatic heterocycles. The molecule has 0 saturated carbocycles. The topological polar surface area (TPSA) is 67.9 Å². The van der Waals surface area contributed by atoms with Crippen LogP contribution in [0.1, 0.15) is 25.2 Å². The Kier molecular flexibility index (Phi) is 4.51. The van der Waals surface area contributed by atoms with Gasteiger partial charge in [0.2, 0.25) is 5.82 Å². The van der Waals surface area contributed by atoms with E-state index in [1.807, 2.05) is 12.1 Å². The first-order chi connectivity index (χ1) is 13.0. The third-order valence-corrected chi connectivity index (χ3v) is 4.41. The van der Waals surface area contributed by atoms with Gasteiger partial charge in [-0.25, -0.2) is 0 Å². The zero-order valence-corrected chi connectivity index (χ0v) is 14.3. The van der Waals surface area contributed by atoms with Crippen LogP contribution in [0.5, 0.6) is 0 Å². The van der Waals surface area contributed by atoms with Gasteiger partial charge in [0.15, 0.2) is 0 Å². The summed E-state index contributed by atoms with van der Waals surface area (Å²) in [6, 6.07) is 7.03. The summed E-state index contributed by atoms with van der Waals surface area (Å²) >= 11 is 0. The van der Waals surface area contributed by atoms with Crippen LogP contribution in [-0.4, -0.2) is 33.2 Å². The van der Waals surface area contributed by atoms with Crippen LogP contribution in [0, 0.1) is 0 Å². The number of hydrogen-bond donors (Lipinski definition) is 0. The second-order valence-corrected chi connectivity index (χ2v) is 6.30. The number of rotatable bonds is 3. The Morgan fingerprint density at radius 2 is 1.63 bits per heavy atom. The molecule has 1 saturated heterocycles. The monoisotopic (exact) mass is 375 g/mol. The molecule has 0 atom stereocenters. The lowest BCUT2D eigenvalue weighted by molar-refractivity contribution is -0.159. The quantitative estimate of drug-likeness (QED) is 0.683. The fourth-order valence-corrected chi connectivity index (χ4v) is 3.07. The van der Waals surface area contributed by atoms with Crippen LogP contribution in [0.25, 0.3) is 22.8 Å². The van der Waals surface area contributed by atoms with E-state index in [-0.39, 0.29) is 5.82 Å². The van der Waals surface area contributed by atoms with E-state index in [0.29, 0.717) is 17.0 Å². The second kappa shape index (κ2) is 6.98. The summed E-state index contributed by atoms with van der Waals surface area (Å²) in [7, 11) is 0. The molecule has 6 nitrogen and oxygen atoms in total. The SMILES string of the molecule is FC(F)(F)c1nc(-c2ccnc(-c3cc(N4CCCCC4)ccn3)c2)no1. The minimum absolute atomic E-state index is 0.141. The van der Waals surface area contributed by atoms with E-state index in [1.165, 1.54) is 18.7 Å². The standard InChI is InChI=1S/C18H16F3N5O/c19-18(20,21)17-24-16(25-27-17)12-4-6-22-14(10-12)15-11-13(5-7-23-15)26-8-2-1-3-9-26/h4-7,10-11H,1-3,8-9H2. The lowest BCUT2D eigenvalue weighted by atomic mass is 10.1. The Labute approximate surface area is 153 Å². The highest BCUT2D eigenvalue weighted by atomic mass is 19.4. The Balaban J connectivity index is 1.64. The minimum atomic E-state index is -4.68. The highest BCUT2D eigenvalue weighted by Gasteiger charge is 2.38. The molecule has 0 aliphatic carbocycles. The van der Waals surface area contributed by atoms with Gasteiger partial charge in [0.25, 0.3) is 0 Å². The largest absolute Gasteiger partial charge is 0.471 e. The average Bonchev–Trinajstić information content (AvgIpc) is 3.20. The van der Waals surface area contributed by atoms with Crippen LogP contribution in [0.15, 0.2) is 41.2 Å². The molecule has 140 valence electrons. The highest BCUT2D eigenvalue weighted by Crippen LogP contribution is 2.30. The third-order valence-electron chi connectivity index (χ3n) is 4.41. The first-order valence-electron chi connectivity index (χ1n) is 8.59. The molecule has 4 rings (SSSR count). The van der Waals surface area contributed by atoms with Gasteiger partial charge in [-0.05, 0) is 43.5 Å². The number of pyridine rings is 2.